The molecule has 0 unspecified atom stereocenters. The Hall–Kier alpha value is 0.800. The topological polar surface area (TPSA) is 20.2 Å². The molecule has 0 atom stereocenters. The van der Waals surface area contributed by atoms with Crippen molar-refractivity contribution in [2.45, 2.75) is 6.92 Å². The fourth-order valence-corrected chi connectivity index (χ4v) is 0. The van der Waals surface area contributed by atoms with Gasteiger partial charge in [-0.05, 0) is 6.92 Å². The van der Waals surface area contributed by atoms with Crippen LogP contribution in [-0.2, 0) is 0 Å². The fraction of sp³-hybridized carbons (Fsp3) is 0.333. The van der Waals surface area contributed by atoms with Crippen LogP contribution in [0.3, 0.4) is 0 Å². The predicted molar refractivity (Wildman–Crippen MR) is 26.0 cm³/mol. The monoisotopic (exact) mass is 100 g/mol. The minimum atomic E-state index is 0. The van der Waals surface area contributed by atoms with Gasteiger partial charge in [0.2, 0.25) is 0 Å². The van der Waals surface area contributed by atoms with E-state index in [1.54, 1.807) is 0 Å². The minimum absolute atomic E-state index is 0. The normalized spacial score (nSPS) is 5.00. The molecule has 0 saturated carbocycles. The predicted octanol–water partition coefficient (Wildman–Crippen LogP) is 0.162. The first-order valence-corrected chi connectivity index (χ1v) is 1.08. The van der Waals surface area contributed by atoms with Gasteiger partial charge in [0, 0.05) is 0 Å². The van der Waals surface area contributed by atoms with Crippen LogP contribution >= 0.6 is 0 Å². The van der Waals surface area contributed by atoms with E-state index in [1.807, 2.05) is 0 Å². The van der Waals surface area contributed by atoms with Crippen LogP contribution in [0.15, 0.2) is 12.3 Å². The van der Waals surface area contributed by atoms with E-state index in [4.69, 9.17) is 5.11 Å². The second-order valence-corrected chi connectivity index (χ2v) is 0.735. The summed E-state index contributed by atoms with van der Waals surface area (Å²) in [4.78, 5) is 0. The number of rotatable bonds is 0. The molecule has 1 nitrogen and oxygen atoms in total. The van der Waals surface area contributed by atoms with Gasteiger partial charge in [0.25, 0.3) is 0 Å². The van der Waals surface area contributed by atoms with Crippen molar-refractivity contribution in [1.29, 1.82) is 0 Å². The van der Waals surface area contributed by atoms with Crippen LogP contribution in [-0.4, -0.2) is 42.8 Å². The van der Waals surface area contributed by atoms with Crippen molar-refractivity contribution in [2.24, 2.45) is 0 Å². The van der Waals surface area contributed by atoms with Crippen molar-refractivity contribution in [1.82, 2.24) is 0 Å². The molecule has 0 bridgehead atoms. The Bertz CT molecular complexity index is 29.9. The van der Waals surface area contributed by atoms with Gasteiger partial charge in [0.15, 0.2) is 0 Å². The van der Waals surface area contributed by atoms with E-state index < -0.39 is 0 Å². The van der Waals surface area contributed by atoms with Crippen LogP contribution in [0.2, 0.25) is 0 Å². The van der Waals surface area contributed by atoms with Crippen molar-refractivity contribution >= 4 is 37.7 Å². The summed E-state index contributed by atoms with van der Waals surface area (Å²) >= 11 is 0. The molecule has 0 aromatic rings. The van der Waals surface area contributed by atoms with Gasteiger partial charge in [0.05, 0.1) is 5.76 Å². The molecule has 5 heavy (non-hydrogen) atoms. The second-order valence-electron chi connectivity index (χ2n) is 0.735. The molecule has 0 aliphatic rings. The first-order valence-electron chi connectivity index (χ1n) is 1.08. The molecule has 0 aliphatic carbocycles. The molecule has 2 heteroatoms. The van der Waals surface area contributed by atoms with Gasteiger partial charge < -0.3 is 5.11 Å². The summed E-state index contributed by atoms with van der Waals surface area (Å²) in [6.07, 6.45) is 0. The van der Waals surface area contributed by atoms with Gasteiger partial charge in [0.1, 0.15) is 0 Å². The molecule has 1 N–H and O–H groups in total. The Morgan fingerprint density at radius 3 is 1.80 bits per heavy atom. The van der Waals surface area contributed by atoms with E-state index in [9.17, 15) is 0 Å². The molecular weight excluding hydrogens is 92.1 g/mol. The summed E-state index contributed by atoms with van der Waals surface area (Å²) in [6, 6.07) is 0. The number of hydrogen-bond donors (Lipinski definition) is 1. The zero-order valence-corrected chi connectivity index (χ0v) is 2.65. The third-order valence-electron chi connectivity index (χ3n) is 0. The van der Waals surface area contributed by atoms with Crippen molar-refractivity contribution in [3.05, 3.63) is 12.3 Å². The molecular formula is C3H8CaO. The zero-order chi connectivity index (χ0) is 3.58. The maximum absolute atomic E-state index is 7.86. The first kappa shape index (κ1) is 9.25. The molecule has 0 rings (SSSR count). The van der Waals surface area contributed by atoms with Gasteiger partial charge in [-0.3, -0.25) is 0 Å². The number of hydrogen-bond acceptors (Lipinski definition) is 1. The first-order chi connectivity index (χ1) is 1.73. The third-order valence-corrected chi connectivity index (χ3v) is 0. The van der Waals surface area contributed by atoms with Crippen molar-refractivity contribution in [2.75, 3.05) is 0 Å². The van der Waals surface area contributed by atoms with Gasteiger partial charge >= 0.3 is 37.7 Å². The van der Waals surface area contributed by atoms with Crippen molar-refractivity contribution in [3.63, 3.8) is 0 Å². The van der Waals surface area contributed by atoms with Gasteiger partial charge in [-0.15, -0.1) is 0 Å². The Labute approximate surface area is 61.7 Å². The molecule has 0 saturated heterocycles. The molecule has 0 fully saturated rings. The summed E-state index contributed by atoms with van der Waals surface area (Å²) < 4.78 is 0. The standard InChI is InChI=1S/C3H6O.Ca.2H/c1-3(2)4;;;/h4H,1H2,2H3;;;. The van der Waals surface area contributed by atoms with Crippen molar-refractivity contribution < 1.29 is 5.11 Å². The third kappa shape index (κ3) is 58.8. The number of allylic oxidation sites excluding steroid dienone is 1. The number of aliphatic hydroxyl groups is 1. The summed E-state index contributed by atoms with van der Waals surface area (Å²) in [6.45, 7) is 4.64. The Morgan fingerprint density at radius 1 is 1.80 bits per heavy atom. The zero-order valence-electron chi connectivity index (χ0n) is 2.65. The SMILES string of the molecule is C=C(C)O.[CaH2]. The van der Waals surface area contributed by atoms with Gasteiger partial charge in [-0.1, -0.05) is 6.58 Å². The van der Waals surface area contributed by atoms with E-state index >= 15 is 0 Å². The van der Waals surface area contributed by atoms with E-state index in [0.717, 1.165) is 0 Å². The summed E-state index contributed by atoms with van der Waals surface area (Å²) in [5.41, 5.74) is 0. The average molecular weight is 100 g/mol. The molecule has 0 amide bonds. The van der Waals surface area contributed by atoms with Crippen LogP contribution in [0.25, 0.3) is 0 Å². The van der Waals surface area contributed by atoms with E-state index in [0.29, 0.717) is 0 Å². The molecule has 28 valence electrons. The Balaban J connectivity index is 0. The van der Waals surface area contributed by atoms with Crippen LogP contribution < -0.4 is 0 Å². The Kier molecular flexibility index (Phi) is 8.88. The second kappa shape index (κ2) is 4.80. The Morgan fingerprint density at radius 2 is 1.80 bits per heavy atom. The molecule has 0 heterocycles. The van der Waals surface area contributed by atoms with Crippen LogP contribution in [0.1, 0.15) is 6.92 Å². The molecule has 0 spiro atoms. The summed E-state index contributed by atoms with van der Waals surface area (Å²) in [5, 5.41) is 7.86. The average Bonchev–Trinajstić information content (AvgIpc) is 0.811. The maximum atomic E-state index is 7.86. The van der Waals surface area contributed by atoms with Crippen molar-refractivity contribution in [3.8, 4) is 0 Å². The molecule has 0 aliphatic heterocycles. The van der Waals surface area contributed by atoms with E-state index in [1.165, 1.54) is 6.92 Å². The number of aliphatic hydroxyl groups excluding tert-OH is 1. The summed E-state index contributed by atoms with van der Waals surface area (Å²) in [7, 11) is 0. The van der Waals surface area contributed by atoms with Crippen LogP contribution in [0, 0.1) is 0 Å². The molecule has 0 aromatic carbocycles. The fourth-order valence-electron chi connectivity index (χ4n) is 0. The van der Waals surface area contributed by atoms with Gasteiger partial charge in [-0.25, -0.2) is 0 Å². The summed E-state index contributed by atoms with van der Waals surface area (Å²) in [5.74, 6) is 0.167. The van der Waals surface area contributed by atoms with Crippen LogP contribution in [0.5, 0.6) is 0 Å². The molecule has 0 aromatic heterocycles. The van der Waals surface area contributed by atoms with Crippen LogP contribution in [0.4, 0.5) is 0 Å². The quantitative estimate of drug-likeness (QED) is 0.339. The van der Waals surface area contributed by atoms with Gasteiger partial charge in [-0.2, -0.15) is 0 Å². The van der Waals surface area contributed by atoms with E-state index in [-0.39, 0.29) is 43.5 Å². The van der Waals surface area contributed by atoms with E-state index in [2.05, 4.69) is 6.58 Å². The molecule has 0 radical (unpaired) electrons.